The van der Waals surface area contributed by atoms with E-state index in [-0.39, 0.29) is 6.42 Å². The van der Waals surface area contributed by atoms with Crippen LogP contribution in [-0.4, -0.2) is 26.3 Å². The highest BCUT2D eigenvalue weighted by molar-refractivity contribution is 8.15. The minimum absolute atomic E-state index is 0.169. The molecule has 0 aromatic heterocycles. The average molecular weight is 297 g/mol. The smallest absolute Gasteiger partial charge is 0.212 e. The average Bonchev–Trinajstić information content (AvgIpc) is 1.77. The van der Waals surface area contributed by atoms with Crippen LogP contribution < -0.4 is 0 Å². The first-order chi connectivity index (χ1) is 6.21. The lowest BCUT2D eigenvalue weighted by molar-refractivity contribution is 0.472. The molecule has 0 aromatic carbocycles. The van der Waals surface area contributed by atoms with Crippen LogP contribution in [-0.2, 0) is 18.1 Å². The molecule has 0 N–H and O–H groups in total. The van der Waals surface area contributed by atoms with Gasteiger partial charge in [-0.15, -0.1) is 0 Å². The van der Waals surface area contributed by atoms with Gasteiger partial charge in [-0.3, -0.25) is 0 Å². The summed E-state index contributed by atoms with van der Waals surface area (Å²) in [6.45, 7) is 5.44. The van der Waals surface area contributed by atoms with Crippen molar-refractivity contribution in [3.05, 3.63) is 0 Å². The Balaban J connectivity index is 5.25. The van der Waals surface area contributed by atoms with E-state index >= 15 is 0 Å². The largest absolute Gasteiger partial charge is 0.237 e. The zero-order chi connectivity index (χ0) is 12.7. The van der Waals surface area contributed by atoms with Gasteiger partial charge in [-0.1, -0.05) is 0 Å². The van der Waals surface area contributed by atoms with Gasteiger partial charge in [0.05, 0.1) is 9.49 Å². The van der Waals surface area contributed by atoms with Crippen molar-refractivity contribution in [2.45, 2.75) is 43.6 Å². The summed E-state index contributed by atoms with van der Waals surface area (Å²) in [7, 11) is 2.74. The monoisotopic (exact) mass is 296 g/mol. The zero-order valence-electron chi connectivity index (χ0n) is 8.91. The molecule has 4 nitrogen and oxygen atoms in total. The Morgan fingerprint density at radius 3 is 1.13 bits per heavy atom. The summed E-state index contributed by atoms with van der Waals surface area (Å²) in [5, 5.41) is 0. The van der Waals surface area contributed by atoms with E-state index in [4.69, 9.17) is 21.4 Å². The van der Waals surface area contributed by atoms with E-state index in [0.29, 0.717) is 0 Å². The molecule has 0 saturated carbocycles. The molecule has 0 aliphatic heterocycles. The van der Waals surface area contributed by atoms with Crippen LogP contribution in [0, 0.1) is 0 Å². The van der Waals surface area contributed by atoms with Crippen LogP contribution in [0.1, 0.15) is 34.1 Å². The van der Waals surface area contributed by atoms with Crippen LogP contribution in [0.15, 0.2) is 0 Å². The molecule has 0 rings (SSSR count). The molecule has 92 valence electrons. The summed E-state index contributed by atoms with van der Waals surface area (Å²) in [6, 6.07) is 0. The summed E-state index contributed by atoms with van der Waals surface area (Å²) in [5.74, 6) is 0. The summed E-state index contributed by atoms with van der Waals surface area (Å²) >= 11 is 0. The topological polar surface area (TPSA) is 68.3 Å². The lowest BCUT2D eigenvalue weighted by atomic mass is 9.99. The first-order valence-corrected chi connectivity index (χ1v) is 8.71. The number of rotatable bonds is 4. The third kappa shape index (κ3) is 3.76. The van der Waals surface area contributed by atoms with Crippen LogP contribution in [0.25, 0.3) is 0 Å². The van der Waals surface area contributed by atoms with Gasteiger partial charge in [0, 0.05) is 21.4 Å². The highest BCUT2D eigenvalue weighted by Crippen LogP contribution is 2.35. The van der Waals surface area contributed by atoms with Gasteiger partial charge < -0.3 is 0 Å². The van der Waals surface area contributed by atoms with E-state index in [1.54, 1.807) is 0 Å². The minimum Gasteiger partial charge on any atom is -0.212 e. The lowest BCUT2D eigenvalue weighted by Crippen LogP contribution is -2.40. The zero-order valence-corrected chi connectivity index (χ0v) is 12.1. The fourth-order valence-corrected chi connectivity index (χ4v) is 2.68. The number of halogens is 2. The maximum atomic E-state index is 11.2. The molecular formula is C7H14Cl2O4S2. The van der Waals surface area contributed by atoms with Crippen LogP contribution in [0.5, 0.6) is 0 Å². The Morgan fingerprint density at radius 2 is 1.00 bits per heavy atom. The first kappa shape index (κ1) is 15.5. The van der Waals surface area contributed by atoms with E-state index in [9.17, 15) is 16.8 Å². The highest BCUT2D eigenvalue weighted by Gasteiger charge is 2.44. The van der Waals surface area contributed by atoms with Gasteiger partial charge >= 0.3 is 0 Å². The predicted molar refractivity (Wildman–Crippen MR) is 62.3 cm³/mol. The molecule has 0 aromatic rings. The minimum atomic E-state index is -3.85. The van der Waals surface area contributed by atoms with Gasteiger partial charge in [-0.25, -0.2) is 16.8 Å². The highest BCUT2D eigenvalue weighted by atomic mass is 35.7. The molecule has 0 aliphatic rings. The molecule has 0 amide bonds. The maximum Gasteiger partial charge on any atom is 0.237 e. The first-order valence-electron chi connectivity index (χ1n) is 4.09. The van der Waals surface area contributed by atoms with Crippen molar-refractivity contribution < 1.29 is 16.8 Å². The number of hydrogen-bond donors (Lipinski definition) is 0. The van der Waals surface area contributed by atoms with Crippen molar-refractivity contribution in [3.63, 3.8) is 0 Å². The van der Waals surface area contributed by atoms with Crippen molar-refractivity contribution in [3.8, 4) is 0 Å². The van der Waals surface area contributed by atoms with Gasteiger partial charge in [0.15, 0.2) is 0 Å². The Bertz CT molecular complexity index is 392. The van der Waals surface area contributed by atoms with E-state index in [1.807, 2.05) is 0 Å². The van der Waals surface area contributed by atoms with Crippen LogP contribution in [0.3, 0.4) is 0 Å². The molecule has 0 radical (unpaired) electrons. The second kappa shape index (κ2) is 4.05. The fraction of sp³-hybridized carbons (Fsp3) is 1.00. The molecule has 0 fully saturated rings. The van der Waals surface area contributed by atoms with Crippen LogP contribution >= 0.6 is 21.4 Å². The number of hydrogen-bond acceptors (Lipinski definition) is 4. The molecule has 15 heavy (non-hydrogen) atoms. The van der Waals surface area contributed by atoms with E-state index in [1.165, 1.54) is 27.7 Å². The molecule has 0 spiro atoms. The summed E-state index contributed by atoms with van der Waals surface area (Å²) in [4.78, 5) is 0. The summed E-state index contributed by atoms with van der Waals surface area (Å²) in [6.07, 6.45) is -0.169. The second-order valence-corrected chi connectivity index (χ2v) is 11.0. The Morgan fingerprint density at radius 1 is 0.800 bits per heavy atom. The maximum absolute atomic E-state index is 11.2. The molecule has 8 heteroatoms. The van der Waals surface area contributed by atoms with Crippen molar-refractivity contribution in [1.29, 1.82) is 0 Å². The molecule has 0 saturated heterocycles. The van der Waals surface area contributed by atoms with Gasteiger partial charge in [0.25, 0.3) is 0 Å². The van der Waals surface area contributed by atoms with E-state index in [2.05, 4.69) is 0 Å². The normalized spacial score (nSPS) is 15.3. The van der Waals surface area contributed by atoms with Gasteiger partial charge in [-0.2, -0.15) is 0 Å². The van der Waals surface area contributed by atoms with E-state index in [0.717, 1.165) is 0 Å². The summed E-state index contributed by atoms with van der Waals surface area (Å²) < 4.78 is 42.0. The third-order valence-corrected chi connectivity index (χ3v) is 7.61. The predicted octanol–water partition coefficient (Wildman–Crippen LogP) is 2.07. The van der Waals surface area contributed by atoms with Gasteiger partial charge in [0.1, 0.15) is 0 Å². The molecule has 0 heterocycles. The molecule has 0 bridgehead atoms. The van der Waals surface area contributed by atoms with E-state index < -0.39 is 27.6 Å². The van der Waals surface area contributed by atoms with Crippen molar-refractivity contribution in [1.82, 2.24) is 0 Å². The third-order valence-electron chi connectivity index (χ3n) is 2.17. The Labute approximate surface area is 99.8 Å². The lowest BCUT2D eigenvalue weighted by Gasteiger charge is -2.30. The van der Waals surface area contributed by atoms with Crippen molar-refractivity contribution >= 4 is 39.5 Å². The fourth-order valence-electron chi connectivity index (χ4n) is 1.20. The van der Waals surface area contributed by atoms with Crippen LogP contribution in [0.4, 0.5) is 0 Å². The van der Waals surface area contributed by atoms with Gasteiger partial charge in [0.2, 0.25) is 18.1 Å². The van der Waals surface area contributed by atoms with Crippen LogP contribution in [0.2, 0.25) is 0 Å². The SMILES string of the molecule is CC(C)(CC(C)(C)S(=O)(=O)Cl)S(=O)(=O)Cl. The van der Waals surface area contributed by atoms with Crippen molar-refractivity contribution in [2.24, 2.45) is 0 Å². The van der Waals surface area contributed by atoms with Crippen molar-refractivity contribution in [2.75, 3.05) is 0 Å². The van der Waals surface area contributed by atoms with Gasteiger partial charge in [-0.05, 0) is 34.1 Å². The standard InChI is InChI=1S/C7H14Cl2O4S2/c1-6(2,14(8,10)11)5-7(3,4)15(9,12)13/h5H2,1-4H3. The second-order valence-electron chi connectivity index (χ2n) is 4.57. The quantitative estimate of drug-likeness (QED) is 0.745. The molecule has 0 aliphatic carbocycles. The molecule has 0 unspecified atom stereocenters. The molecular weight excluding hydrogens is 283 g/mol. The molecule has 0 atom stereocenters. The Kier molecular flexibility index (Phi) is 4.18. The Hall–Kier alpha value is 0.480. The summed E-state index contributed by atoms with van der Waals surface area (Å²) in [5.41, 5.74) is 0.